The summed E-state index contributed by atoms with van der Waals surface area (Å²) in [5.41, 5.74) is -0.0717. The van der Waals surface area contributed by atoms with Gasteiger partial charge in [-0.2, -0.15) is 0 Å². The molecule has 0 aliphatic carbocycles. The third kappa shape index (κ3) is 3.05. The lowest BCUT2D eigenvalue weighted by molar-refractivity contribution is -0.0327. The largest absolute Gasteiger partial charge is 0.391 e. The summed E-state index contributed by atoms with van der Waals surface area (Å²) >= 11 is 0. The molecular weight excluding hydrogens is 186 g/mol. The predicted molar refractivity (Wildman–Crippen MR) is 67.1 cm³/mol. The van der Waals surface area contributed by atoms with Gasteiger partial charge in [0.2, 0.25) is 0 Å². The van der Waals surface area contributed by atoms with E-state index in [2.05, 4.69) is 39.2 Å². The Bertz CT molecular complexity index is 171. The van der Waals surface area contributed by atoms with Crippen LogP contribution in [0, 0.1) is 0 Å². The maximum atomic E-state index is 10.3. The van der Waals surface area contributed by atoms with Crippen LogP contribution in [0.15, 0.2) is 12.7 Å². The molecule has 0 aliphatic rings. The molecule has 0 saturated carbocycles. The molecule has 0 saturated heterocycles. The van der Waals surface area contributed by atoms with Gasteiger partial charge in [-0.15, -0.1) is 6.58 Å². The highest BCUT2D eigenvalue weighted by atomic mass is 16.3. The number of aliphatic hydroxyl groups is 1. The van der Waals surface area contributed by atoms with E-state index in [0.29, 0.717) is 6.42 Å². The quantitative estimate of drug-likeness (QED) is 0.627. The lowest BCUT2D eigenvalue weighted by Crippen LogP contribution is -2.55. The van der Waals surface area contributed by atoms with Crippen molar-refractivity contribution >= 4 is 0 Å². The first-order chi connectivity index (χ1) is 7.12. The van der Waals surface area contributed by atoms with Crippen molar-refractivity contribution in [1.82, 2.24) is 4.90 Å². The molecule has 90 valence electrons. The average molecular weight is 213 g/mol. The number of hydrogen-bond acceptors (Lipinski definition) is 2. The van der Waals surface area contributed by atoms with E-state index in [0.717, 1.165) is 25.9 Å². The van der Waals surface area contributed by atoms with Crippen LogP contribution in [-0.4, -0.2) is 34.7 Å². The second-order valence-corrected chi connectivity index (χ2v) is 4.02. The average Bonchev–Trinajstić information content (AvgIpc) is 2.26. The minimum Gasteiger partial charge on any atom is -0.391 e. The van der Waals surface area contributed by atoms with E-state index in [1.165, 1.54) is 0 Å². The second kappa shape index (κ2) is 7.02. The van der Waals surface area contributed by atoms with E-state index in [1.54, 1.807) is 0 Å². The third-order valence-electron chi connectivity index (χ3n) is 3.63. The fourth-order valence-corrected chi connectivity index (χ4v) is 2.61. The van der Waals surface area contributed by atoms with Crippen molar-refractivity contribution in [3.8, 4) is 0 Å². The molecule has 1 atom stereocenters. The van der Waals surface area contributed by atoms with Crippen LogP contribution in [-0.2, 0) is 0 Å². The van der Waals surface area contributed by atoms with Gasteiger partial charge in [0.1, 0.15) is 0 Å². The molecule has 0 heterocycles. The van der Waals surface area contributed by atoms with Gasteiger partial charge in [0.05, 0.1) is 6.10 Å². The number of hydrogen-bond donors (Lipinski definition) is 1. The van der Waals surface area contributed by atoms with Gasteiger partial charge in [0.25, 0.3) is 0 Å². The maximum Gasteiger partial charge on any atom is 0.0757 e. The summed E-state index contributed by atoms with van der Waals surface area (Å²) in [4.78, 5) is 2.38. The maximum absolute atomic E-state index is 10.3. The molecule has 0 aliphatic heterocycles. The lowest BCUT2D eigenvalue weighted by atomic mass is 9.83. The SMILES string of the molecule is C=CCC(O)C(CC)(CC)N(CC)CC. The zero-order chi connectivity index (χ0) is 11.9. The molecule has 0 spiro atoms. The van der Waals surface area contributed by atoms with Crippen LogP contribution in [0.5, 0.6) is 0 Å². The van der Waals surface area contributed by atoms with E-state index in [-0.39, 0.29) is 11.6 Å². The van der Waals surface area contributed by atoms with Crippen molar-refractivity contribution in [2.45, 2.75) is 58.6 Å². The molecule has 0 amide bonds. The Morgan fingerprint density at radius 2 is 1.67 bits per heavy atom. The second-order valence-electron chi connectivity index (χ2n) is 4.02. The molecule has 1 N–H and O–H groups in total. The summed E-state index contributed by atoms with van der Waals surface area (Å²) in [6.07, 6.45) is 4.16. The fraction of sp³-hybridized carbons (Fsp3) is 0.846. The summed E-state index contributed by atoms with van der Waals surface area (Å²) in [5.74, 6) is 0. The van der Waals surface area contributed by atoms with Gasteiger partial charge in [-0.25, -0.2) is 0 Å². The summed E-state index contributed by atoms with van der Waals surface area (Å²) in [7, 11) is 0. The Balaban J connectivity index is 4.90. The predicted octanol–water partition coefficient (Wildman–Crippen LogP) is 2.82. The highest BCUT2D eigenvalue weighted by Gasteiger charge is 2.37. The summed E-state index contributed by atoms with van der Waals surface area (Å²) in [6.45, 7) is 14.3. The molecule has 0 aromatic heterocycles. The molecule has 0 bridgehead atoms. The molecule has 0 aromatic rings. The van der Waals surface area contributed by atoms with Gasteiger partial charge in [-0.3, -0.25) is 4.90 Å². The van der Waals surface area contributed by atoms with Crippen molar-refractivity contribution in [3.05, 3.63) is 12.7 Å². The smallest absolute Gasteiger partial charge is 0.0757 e. The monoisotopic (exact) mass is 213 g/mol. The molecule has 0 fully saturated rings. The Labute approximate surface area is 95.0 Å². The van der Waals surface area contributed by atoms with E-state index in [9.17, 15) is 5.11 Å². The van der Waals surface area contributed by atoms with E-state index >= 15 is 0 Å². The third-order valence-corrected chi connectivity index (χ3v) is 3.63. The minimum atomic E-state index is -0.301. The van der Waals surface area contributed by atoms with Crippen LogP contribution in [0.2, 0.25) is 0 Å². The number of nitrogens with zero attached hydrogens (tertiary/aromatic N) is 1. The van der Waals surface area contributed by atoms with Crippen LogP contribution in [0.25, 0.3) is 0 Å². The first-order valence-electron chi connectivity index (χ1n) is 6.16. The van der Waals surface area contributed by atoms with Crippen molar-refractivity contribution in [1.29, 1.82) is 0 Å². The Kier molecular flexibility index (Phi) is 6.86. The Hall–Kier alpha value is -0.340. The fourth-order valence-electron chi connectivity index (χ4n) is 2.61. The van der Waals surface area contributed by atoms with Crippen LogP contribution in [0.1, 0.15) is 47.0 Å². The molecule has 1 unspecified atom stereocenters. The van der Waals surface area contributed by atoms with Crippen LogP contribution in [0.3, 0.4) is 0 Å². The van der Waals surface area contributed by atoms with Gasteiger partial charge >= 0.3 is 0 Å². The van der Waals surface area contributed by atoms with Crippen LogP contribution in [0.4, 0.5) is 0 Å². The van der Waals surface area contributed by atoms with E-state index < -0.39 is 0 Å². The highest BCUT2D eigenvalue weighted by Crippen LogP contribution is 2.29. The van der Waals surface area contributed by atoms with E-state index in [4.69, 9.17) is 0 Å². The lowest BCUT2D eigenvalue weighted by Gasteiger charge is -2.45. The van der Waals surface area contributed by atoms with Gasteiger partial charge < -0.3 is 5.11 Å². The number of likely N-dealkylation sites (N-methyl/N-ethyl adjacent to an activating group) is 1. The Morgan fingerprint density at radius 3 is 1.93 bits per heavy atom. The van der Waals surface area contributed by atoms with Gasteiger partial charge in [0.15, 0.2) is 0 Å². The highest BCUT2D eigenvalue weighted by molar-refractivity contribution is 4.96. The first kappa shape index (κ1) is 14.7. The topological polar surface area (TPSA) is 23.5 Å². The number of rotatable bonds is 8. The first-order valence-corrected chi connectivity index (χ1v) is 6.16. The van der Waals surface area contributed by atoms with Gasteiger partial charge in [0, 0.05) is 5.54 Å². The van der Waals surface area contributed by atoms with Crippen LogP contribution >= 0.6 is 0 Å². The van der Waals surface area contributed by atoms with Gasteiger partial charge in [-0.1, -0.05) is 33.8 Å². The zero-order valence-electron chi connectivity index (χ0n) is 10.8. The molecule has 15 heavy (non-hydrogen) atoms. The molecule has 2 heteroatoms. The van der Waals surface area contributed by atoms with Crippen molar-refractivity contribution in [3.63, 3.8) is 0 Å². The normalized spacial score (nSPS) is 14.3. The van der Waals surface area contributed by atoms with Crippen molar-refractivity contribution < 1.29 is 5.11 Å². The van der Waals surface area contributed by atoms with E-state index in [1.807, 2.05) is 6.08 Å². The summed E-state index contributed by atoms with van der Waals surface area (Å²) in [5, 5.41) is 10.3. The van der Waals surface area contributed by atoms with Crippen molar-refractivity contribution in [2.24, 2.45) is 0 Å². The molecule has 0 aromatic carbocycles. The zero-order valence-corrected chi connectivity index (χ0v) is 10.8. The molecular formula is C13H27NO. The molecule has 0 rings (SSSR count). The number of aliphatic hydroxyl groups excluding tert-OH is 1. The summed E-state index contributed by atoms with van der Waals surface area (Å²) in [6, 6.07) is 0. The molecule has 0 radical (unpaired) electrons. The van der Waals surface area contributed by atoms with Crippen molar-refractivity contribution in [2.75, 3.05) is 13.1 Å². The standard InChI is InChI=1S/C13H27NO/c1-6-11-12(15)13(7-2,8-3)14(9-4)10-5/h6,12,15H,1,7-11H2,2-5H3. The molecule has 2 nitrogen and oxygen atoms in total. The van der Waals surface area contributed by atoms with Crippen LogP contribution < -0.4 is 0 Å². The van der Waals surface area contributed by atoms with Gasteiger partial charge in [-0.05, 0) is 32.4 Å². The summed E-state index contributed by atoms with van der Waals surface area (Å²) < 4.78 is 0. The Morgan fingerprint density at radius 1 is 1.20 bits per heavy atom. The minimum absolute atomic E-state index is 0.0717.